The molecule has 1 spiro atoms. The van der Waals surface area contributed by atoms with Crippen LogP contribution >= 0.6 is 0 Å². The lowest BCUT2D eigenvalue weighted by atomic mass is 9.72. The maximum atomic E-state index is 12.7. The molecule has 0 radical (unpaired) electrons. The zero-order valence-electron chi connectivity index (χ0n) is 15.4. The Kier molecular flexibility index (Phi) is 5.03. The van der Waals surface area contributed by atoms with Crippen LogP contribution in [-0.4, -0.2) is 58.4 Å². The van der Waals surface area contributed by atoms with Gasteiger partial charge in [-0.15, -0.1) is 0 Å². The summed E-state index contributed by atoms with van der Waals surface area (Å²) in [6.07, 6.45) is 2.78. The number of rotatable bonds is 3. The highest BCUT2D eigenvalue weighted by Gasteiger charge is 2.43. The lowest BCUT2D eigenvalue weighted by Crippen LogP contribution is -2.55. The molecule has 1 aromatic carbocycles. The van der Waals surface area contributed by atoms with Gasteiger partial charge < -0.3 is 14.9 Å². The van der Waals surface area contributed by atoms with Gasteiger partial charge in [0.05, 0.1) is 0 Å². The van der Waals surface area contributed by atoms with Crippen molar-refractivity contribution in [1.29, 1.82) is 0 Å². The van der Waals surface area contributed by atoms with E-state index in [0.717, 1.165) is 24.8 Å². The van der Waals surface area contributed by atoms with Gasteiger partial charge >= 0.3 is 5.97 Å². The number of carboxylic acid groups (broad SMARTS) is 1. The number of benzene rings is 1. The fraction of sp³-hybridized carbons (Fsp3) is 0.550. The van der Waals surface area contributed by atoms with Crippen LogP contribution in [0.3, 0.4) is 0 Å². The third-order valence-corrected chi connectivity index (χ3v) is 5.90. The molecule has 26 heavy (non-hydrogen) atoms. The number of aliphatic carboxylic acids is 1. The summed E-state index contributed by atoms with van der Waals surface area (Å²) in [4.78, 5) is 39.5. The zero-order valence-corrected chi connectivity index (χ0v) is 15.4. The maximum Gasteiger partial charge on any atom is 0.326 e. The molecule has 2 aliphatic rings. The second-order valence-corrected chi connectivity index (χ2v) is 7.70. The largest absolute Gasteiger partial charge is 0.480 e. The number of carboxylic acids is 1. The first-order chi connectivity index (χ1) is 12.3. The van der Waals surface area contributed by atoms with Crippen molar-refractivity contribution in [2.75, 3.05) is 19.6 Å². The molecule has 3 rings (SSSR count). The van der Waals surface area contributed by atoms with Gasteiger partial charge in [-0.1, -0.05) is 17.7 Å². The van der Waals surface area contributed by atoms with Gasteiger partial charge in [-0.25, -0.2) is 4.79 Å². The van der Waals surface area contributed by atoms with Crippen LogP contribution in [0.1, 0.15) is 48.5 Å². The number of aryl methyl sites for hydroxylation is 1. The molecule has 1 N–H and O–H groups in total. The Balaban J connectivity index is 1.66. The molecule has 0 aromatic heterocycles. The molecule has 2 aliphatic heterocycles. The summed E-state index contributed by atoms with van der Waals surface area (Å²) >= 11 is 0. The van der Waals surface area contributed by atoms with Gasteiger partial charge in [0.1, 0.15) is 6.04 Å². The smallest absolute Gasteiger partial charge is 0.326 e. The second kappa shape index (κ2) is 7.09. The molecule has 1 atom stereocenters. The van der Waals surface area contributed by atoms with Crippen molar-refractivity contribution in [3.05, 3.63) is 35.4 Å². The first kappa shape index (κ1) is 18.4. The summed E-state index contributed by atoms with van der Waals surface area (Å²) in [5, 5.41) is 9.26. The number of amides is 2. The Labute approximate surface area is 153 Å². The fourth-order valence-electron chi connectivity index (χ4n) is 4.08. The minimum absolute atomic E-state index is 0.0474. The van der Waals surface area contributed by atoms with Crippen molar-refractivity contribution < 1.29 is 19.5 Å². The van der Waals surface area contributed by atoms with Gasteiger partial charge in [0.2, 0.25) is 5.91 Å². The van der Waals surface area contributed by atoms with Crippen molar-refractivity contribution in [2.24, 2.45) is 5.41 Å². The molecule has 0 saturated carbocycles. The van der Waals surface area contributed by atoms with E-state index in [1.54, 1.807) is 6.92 Å². The van der Waals surface area contributed by atoms with Crippen LogP contribution in [0, 0.1) is 12.3 Å². The summed E-state index contributed by atoms with van der Waals surface area (Å²) in [5.41, 5.74) is 1.70. The highest BCUT2D eigenvalue weighted by molar-refractivity contribution is 5.94. The molecular weight excluding hydrogens is 332 g/mol. The predicted molar refractivity (Wildman–Crippen MR) is 96.8 cm³/mol. The summed E-state index contributed by atoms with van der Waals surface area (Å²) < 4.78 is 0. The third kappa shape index (κ3) is 3.59. The Morgan fingerprint density at radius 1 is 1.19 bits per heavy atom. The summed E-state index contributed by atoms with van der Waals surface area (Å²) in [6.45, 7) is 5.31. The first-order valence-electron chi connectivity index (χ1n) is 9.20. The van der Waals surface area contributed by atoms with Gasteiger partial charge in [-0.3, -0.25) is 9.59 Å². The number of hydrogen-bond donors (Lipinski definition) is 1. The first-order valence-corrected chi connectivity index (χ1v) is 9.20. The SMILES string of the molecule is Cc1cccc(C(=O)N2CCC3(CCC(=O)N([C@@H](C)C(=O)O)C3)CC2)c1. The van der Waals surface area contributed by atoms with Crippen LogP contribution in [-0.2, 0) is 9.59 Å². The molecule has 0 aliphatic carbocycles. The minimum Gasteiger partial charge on any atom is -0.480 e. The van der Waals surface area contributed by atoms with Crippen molar-refractivity contribution >= 4 is 17.8 Å². The molecule has 2 fully saturated rings. The van der Waals surface area contributed by atoms with Crippen molar-refractivity contribution in [3.63, 3.8) is 0 Å². The normalized spacial score (nSPS) is 20.9. The molecule has 6 nitrogen and oxygen atoms in total. The molecule has 140 valence electrons. The number of carbonyl (C=O) groups excluding carboxylic acids is 2. The molecule has 0 bridgehead atoms. The number of hydrogen-bond acceptors (Lipinski definition) is 3. The van der Waals surface area contributed by atoms with Gasteiger partial charge in [0.25, 0.3) is 5.91 Å². The van der Waals surface area contributed by atoms with Crippen LogP contribution in [0.15, 0.2) is 24.3 Å². The van der Waals surface area contributed by atoms with Crippen LogP contribution in [0.4, 0.5) is 0 Å². The summed E-state index contributed by atoms with van der Waals surface area (Å²) in [6, 6.07) is 6.81. The van der Waals surface area contributed by atoms with Crippen LogP contribution in [0.5, 0.6) is 0 Å². The van der Waals surface area contributed by atoms with Crippen LogP contribution in [0.25, 0.3) is 0 Å². The molecule has 2 heterocycles. The van der Waals surface area contributed by atoms with E-state index in [-0.39, 0.29) is 17.2 Å². The van der Waals surface area contributed by atoms with E-state index in [1.165, 1.54) is 4.90 Å². The van der Waals surface area contributed by atoms with E-state index in [9.17, 15) is 19.5 Å². The Hall–Kier alpha value is -2.37. The van der Waals surface area contributed by atoms with Crippen molar-refractivity contribution in [1.82, 2.24) is 9.80 Å². The van der Waals surface area contributed by atoms with Crippen LogP contribution < -0.4 is 0 Å². The second-order valence-electron chi connectivity index (χ2n) is 7.70. The van der Waals surface area contributed by atoms with E-state index in [0.29, 0.717) is 31.6 Å². The number of likely N-dealkylation sites (tertiary alicyclic amines) is 2. The zero-order chi connectivity index (χ0) is 18.9. The van der Waals surface area contributed by atoms with Crippen LogP contribution in [0.2, 0.25) is 0 Å². The maximum absolute atomic E-state index is 12.7. The average molecular weight is 358 g/mol. The Morgan fingerprint density at radius 3 is 2.50 bits per heavy atom. The summed E-state index contributed by atoms with van der Waals surface area (Å²) in [5.74, 6) is -1.00. The molecule has 2 amide bonds. The number of nitrogens with zero attached hydrogens (tertiary/aromatic N) is 2. The van der Waals surface area contributed by atoms with Gasteiger partial charge in [-0.2, -0.15) is 0 Å². The number of carbonyl (C=O) groups is 3. The Bertz CT molecular complexity index is 722. The van der Waals surface area contributed by atoms with Gasteiger partial charge in [0, 0.05) is 31.6 Å². The standard InChI is InChI=1S/C20H26N2O4/c1-14-4-3-5-16(12-14)18(24)21-10-8-20(9-11-21)7-6-17(23)22(13-20)15(2)19(25)26/h3-5,12,15H,6-11,13H2,1-2H3,(H,25,26)/t15-/m0/s1. The Morgan fingerprint density at radius 2 is 1.88 bits per heavy atom. The van der Waals surface area contributed by atoms with Crippen molar-refractivity contribution in [2.45, 2.75) is 45.6 Å². The van der Waals surface area contributed by atoms with E-state index in [4.69, 9.17) is 0 Å². The van der Waals surface area contributed by atoms with E-state index in [2.05, 4.69) is 0 Å². The molecular formula is C20H26N2O4. The lowest BCUT2D eigenvalue weighted by Gasteiger charge is -2.48. The molecule has 1 aromatic rings. The number of piperidine rings is 2. The quantitative estimate of drug-likeness (QED) is 0.899. The summed E-state index contributed by atoms with van der Waals surface area (Å²) in [7, 11) is 0. The lowest BCUT2D eigenvalue weighted by molar-refractivity contribution is -0.154. The highest BCUT2D eigenvalue weighted by atomic mass is 16.4. The highest BCUT2D eigenvalue weighted by Crippen LogP contribution is 2.41. The van der Waals surface area contributed by atoms with Crippen molar-refractivity contribution in [3.8, 4) is 0 Å². The third-order valence-electron chi connectivity index (χ3n) is 5.90. The minimum atomic E-state index is -0.970. The van der Waals surface area contributed by atoms with Gasteiger partial charge in [0.15, 0.2) is 0 Å². The molecule has 0 unspecified atom stereocenters. The topological polar surface area (TPSA) is 77.9 Å². The molecule has 6 heteroatoms. The fourth-order valence-corrected chi connectivity index (χ4v) is 4.08. The monoisotopic (exact) mass is 358 g/mol. The van der Waals surface area contributed by atoms with E-state index in [1.807, 2.05) is 36.1 Å². The van der Waals surface area contributed by atoms with E-state index < -0.39 is 12.0 Å². The molecule has 2 saturated heterocycles. The average Bonchev–Trinajstić information content (AvgIpc) is 2.63. The van der Waals surface area contributed by atoms with E-state index >= 15 is 0 Å². The predicted octanol–water partition coefficient (Wildman–Crippen LogP) is 2.31. The van der Waals surface area contributed by atoms with Gasteiger partial charge in [-0.05, 0) is 50.7 Å².